The summed E-state index contributed by atoms with van der Waals surface area (Å²) >= 11 is 3.27. The summed E-state index contributed by atoms with van der Waals surface area (Å²) < 4.78 is 6.26. The Morgan fingerprint density at radius 2 is 1.78 bits per heavy atom. The molecule has 0 unspecified atom stereocenters. The first kappa shape index (κ1) is 20.6. The van der Waals surface area contributed by atoms with Crippen LogP contribution in [0.2, 0.25) is 0 Å². The van der Waals surface area contributed by atoms with E-state index in [0.717, 1.165) is 17.0 Å². The number of halogens is 1. The second-order valence-corrected chi connectivity index (χ2v) is 9.02. The van der Waals surface area contributed by atoms with Crippen molar-refractivity contribution in [1.29, 1.82) is 0 Å². The molecule has 4 atom stereocenters. The molecule has 8 nitrogen and oxygen atoms in total. The summed E-state index contributed by atoms with van der Waals surface area (Å²) in [4.78, 5) is 36.8. The van der Waals surface area contributed by atoms with E-state index in [1.54, 1.807) is 6.07 Å². The molecule has 0 N–H and O–H groups in total. The third kappa shape index (κ3) is 3.42. The van der Waals surface area contributed by atoms with Crippen LogP contribution in [0.15, 0.2) is 64.2 Å². The van der Waals surface area contributed by atoms with Crippen molar-refractivity contribution >= 4 is 39.6 Å². The highest BCUT2D eigenvalue weighted by atomic mass is 79.9. The highest BCUT2D eigenvalue weighted by Crippen LogP contribution is 2.52. The fourth-order valence-corrected chi connectivity index (χ4v) is 5.30. The Balaban J connectivity index is 1.45. The minimum atomic E-state index is -0.539. The van der Waals surface area contributed by atoms with Crippen LogP contribution < -0.4 is 4.74 Å². The van der Waals surface area contributed by atoms with Crippen LogP contribution in [-0.2, 0) is 16.2 Å². The van der Waals surface area contributed by atoms with Crippen LogP contribution in [0.1, 0.15) is 17.5 Å². The molecule has 5 rings (SSSR count). The topological polar surface area (TPSA) is 102 Å². The molecule has 2 aromatic rings. The number of nitrogens with zero attached hydrogens (tertiary/aromatic N) is 3. The smallest absolute Gasteiger partial charge is 0.312 e. The van der Waals surface area contributed by atoms with Gasteiger partial charge in [0.15, 0.2) is 0 Å². The molecule has 2 bridgehead atoms. The van der Waals surface area contributed by atoms with E-state index in [9.17, 15) is 19.7 Å². The highest BCUT2D eigenvalue weighted by molar-refractivity contribution is 9.10. The second kappa shape index (κ2) is 7.98. The Kier molecular flexibility index (Phi) is 5.13. The Morgan fingerprint density at radius 3 is 2.41 bits per heavy atom. The minimum absolute atomic E-state index is 0.0202. The van der Waals surface area contributed by atoms with Crippen molar-refractivity contribution in [3.05, 3.63) is 80.3 Å². The van der Waals surface area contributed by atoms with E-state index in [1.807, 2.05) is 42.5 Å². The number of hydrogen-bond acceptors (Lipinski definition) is 6. The van der Waals surface area contributed by atoms with E-state index in [1.165, 1.54) is 12.3 Å². The summed E-state index contributed by atoms with van der Waals surface area (Å²) in [5.41, 5.74) is 0.893. The number of nitro benzene ring substituents is 1. The number of allylic oxidation sites excluding steroid dienone is 2. The first-order chi connectivity index (χ1) is 15.4. The molecule has 2 amide bonds. The van der Waals surface area contributed by atoms with Crippen LogP contribution in [0, 0.1) is 33.8 Å². The molecule has 0 spiro atoms. The van der Waals surface area contributed by atoms with Crippen LogP contribution in [0.4, 0.5) is 5.69 Å². The predicted octanol–water partition coefficient (Wildman–Crippen LogP) is 4.08. The average molecular weight is 496 g/mol. The fourth-order valence-electron chi connectivity index (χ4n) is 4.84. The lowest BCUT2D eigenvalue weighted by atomic mass is 9.85. The normalized spacial score (nSPS) is 25.7. The monoisotopic (exact) mass is 495 g/mol. The number of nitro groups is 1. The minimum Gasteiger partial charge on any atom is -0.481 e. The van der Waals surface area contributed by atoms with Gasteiger partial charge in [0.25, 0.3) is 11.8 Å². The molecule has 2 aliphatic carbocycles. The van der Waals surface area contributed by atoms with Crippen LogP contribution in [0.3, 0.4) is 0 Å². The molecule has 9 heteroatoms. The summed E-state index contributed by atoms with van der Waals surface area (Å²) in [5, 5.41) is 16.7. The lowest BCUT2D eigenvalue weighted by molar-refractivity contribution is -0.386. The summed E-state index contributed by atoms with van der Waals surface area (Å²) in [5.74, 6) is -1.17. The molecule has 1 saturated carbocycles. The van der Waals surface area contributed by atoms with Gasteiger partial charge in [-0.05, 0) is 29.9 Å². The maximum absolute atomic E-state index is 12.9. The lowest BCUT2D eigenvalue weighted by Crippen LogP contribution is -2.28. The van der Waals surface area contributed by atoms with Crippen molar-refractivity contribution in [2.24, 2.45) is 28.8 Å². The Morgan fingerprint density at radius 1 is 1.12 bits per heavy atom. The van der Waals surface area contributed by atoms with Gasteiger partial charge < -0.3 is 4.74 Å². The van der Waals surface area contributed by atoms with E-state index in [0.29, 0.717) is 10.0 Å². The first-order valence-electron chi connectivity index (χ1n) is 10.2. The molecule has 2 aromatic carbocycles. The molecule has 3 aliphatic rings. The number of rotatable bonds is 6. The number of hydrazone groups is 1. The standard InChI is InChI=1S/C23H18BrN3O5/c24-17-9-16(21(18(10-17)27(30)31)32-12-13-4-2-1-3-5-13)11-25-26-22(28)19-14-6-7-15(8-14)20(19)23(26)29/h1-7,9-11,14-15,19-20H,8,12H2/t14-,15-,19-,20+/m0/s1. The Hall–Kier alpha value is -3.33. The molecule has 1 aliphatic heterocycles. The third-order valence-electron chi connectivity index (χ3n) is 6.24. The van der Waals surface area contributed by atoms with Gasteiger partial charge in [0.1, 0.15) is 6.61 Å². The fraction of sp³-hybridized carbons (Fsp3) is 0.261. The third-order valence-corrected chi connectivity index (χ3v) is 6.70. The van der Waals surface area contributed by atoms with Gasteiger partial charge in [0.05, 0.1) is 23.0 Å². The molecule has 162 valence electrons. The SMILES string of the molecule is O=C1[C@@H]2[C@H](C(=O)N1N=Cc1cc(Br)cc([N+](=O)[O-])c1OCc1ccccc1)[C@H]1C=C[C@H]2C1. The van der Waals surface area contributed by atoms with E-state index < -0.39 is 4.92 Å². The van der Waals surface area contributed by atoms with Crippen molar-refractivity contribution in [2.45, 2.75) is 13.0 Å². The van der Waals surface area contributed by atoms with Gasteiger partial charge in [-0.1, -0.05) is 58.4 Å². The molecular weight excluding hydrogens is 478 g/mol. The highest BCUT2D eigenvalue weighted by Gasteiger charge is 2.59. The molecular formula is C23H18BrN3O5. The molecule has 0 radical (unpaired) electrons. The molecule has 32 heavy (non-hydrogen) atoms. The van der Waals surface area contributed by atoms with Crippen LogP contribution >= 0.6 is 15.9 Å². The van der Waals surface area contributed by atoms with Crippen LogP contribution in [0.5, 0.6) is 5.75 Å². The van der Waals surface area contributed by atoms with Crippen molar-refractivity contribution in [2.75, 3.05) is 0 Å². The van der Waals surface area contributed by atoms with E-state index in [4.69, 9.17) is 4.74 Å². The zero-order valence-electron chi connectivity index (χ0n) is 16.8. The summed E-state index contributed by atoms with van der Waals surface area (Å²) in [7, 11) is 0. The van der Waals surface area contributed by atoms with Crippen molar-refractivity contribution in [1.82, 2.24) is 5.01 Å². The van der Waals surface area contributed by atoms with Gasteiger partial charge in [0.2, 0.25) is 5.75 Å². The van der Waals surface area contributed by atoms with Crippen molar-refractivity contribution < 1.29 is 19.2 Å². The Bertz CT molecular complexity index is 1150. The summed E-state index contributed by atoms with van der Waals surface area (Å²) in [6.45, 7) is 0.116. The average Bonchev–Trinajstić information content (AvgIpc) is 3.46. The van der Waals surface area contributed by atoms with E-state index in [-0.39, 0.29) is 53.5 Å². The Labute approximate surface area is 191 Å². The van der Waals surface area contributed by atoms with Gasteiger partial charge in [-0.3, -0.25) is 19.7 Å². The zero-order valence-corrected chi connectivity index (χ0v) is 18.3. The molecule has 2 fully saturated rings. The maximum atomic E-state index is 12.9. The largest absolute Gasteiger partial charge is 0.481 e. The molecule has 0 aromatic heterocycles. The number of benzene rings is 2. The summed E-state index contributed by atoms with van der Waals surface area (Å²) in [6.07, 6.45) is 6.14. The van der Waals surface area contributed by atoms with Crippen molar-refractivity contribution in [3.63, 3.8) is 0 Å². The van der Waals surface area contributed by atoms with E-state index in [2.05, 4.69) is 21.0 Å². The number of amides is 2. The number of carbonyl (C=O) groups excluding carboxylic acids is 2. The van der Waals surface area contributed by atoms with Crippen LogP contribution in [-0.4, -0.2) is 28.0 Å². The van der Waals surface area contributed by atoms with Gasteiger partial charge in [-0.2, -0.15) is 10.1 Å². The second-order valence-electron chi connectivity index (χ2n) is 8.11. The van der Waals surface area contributed by atoms with Crippen molar-refractivity contribution in [3.8, 4) is 5.75 Å². The van der Waals surface area contributed by atoms with Crippen LogP contribution in [0.25, 0.3) is 0 Å². The number of hydrogen-bond donors (Lipinski definition) is 0. The number of imide groups is 1. The predicted molar refractivity (Wildman–Crippen MR) is 119 cm³/mol. The van der Waals surface area contributed by atoms with Gasteiger partial charge >= 0.3 is 5.69 Å². The zero-order chi connectivity index (χ0) is 22.4. The molecule has 1 saturated heterocycles. The number of ether oxygens (including phenoxy) is 1. The number of carbonyl (C=O) groups is 2. The lowest BCUT2D eigenvalue weighted by Gasteiger charge is -2.13. The molecule has 1 heterocycles. The van der Waals surface area contributed by atoms with Gasteiger partial charge in [-0.15, -0.1) is 0 Å². The van der Waals surface area contributed by atoms with E-state index >= 15 is 0 Å². The first-order valence-corrected chi connectivity index (χ1v) is 11.0. The van der Waals surface area contributed by atoms with Gasteiger partial charge in [-0.25, -0.2) is 0 Å². The summed E-state index contributed by atoms with van der Waals surface area (Å²) in [6, 6.07) is 12.2. The quantitative estimate of drug-likeness (QED) is 0.197. The van der Waals surface area contributed by atoms with Gasteiger partial charge in [0, 0.05) is 16.1 Å². The maximum Gasteiger partial charge on any atom is 0.312 e. The number of fused-ring (bicyclic) bond motifs is 5.